The van der Waals surface area contributed by atoms with Gasteiger partial charge in [-0.1, -0.05) is 29.4 Å². The van der Waals surface area contributed by atoms with Gasteiger partial charge >= 0.3 is 0 Å². The van der Waals surface area contributed by atoms with E-state index >= 15 is 0 Å². The SMILES string of the molecule is C[n+]1ccc(-c2noc3c2C(=O)c2ccccc2C3=O)cc1. The van der Waals surface area contributed by atoms with Gasteiger partial charge in [0, 0.05) is 28.8 Å². The normalized spacial score (nSPS) is 13.0. The number of ketones is 2. The lowest BCUT2D eigenvalue weighted by Gasteiger charge is -2.12. The van der Waals surface area contributed by atoms with Gasteiger partial charge in [0.25, 0.3) is 0 Å². The van der Waals surface area contributed by atoms with Crippen LogP contribution in [0.25, 0.3) is 11.3 Å². The number of nitrogens with zero attached hydrogens (tertiary/aromatic N) is 2. The molecule has 0 saturated carbocycles. The molecule has 0 unspecified atom stereocenters. The summed E-state index contributed by atoms with van der Waals surface area (Å²) in [7, 11) is 1.90. The molecule has 22 heavy (non-hydrogen) atoms. The zero-order valence-corrected chi connectivity index (χ0v) is 11.7. The van der Waals surface area contributed by atoms with E-state index in [4.69, 9.17) is 4.52 Å². The van der Waals surface area contributed by atoms with Crippen molar-refractivity contribution in [3.63, 3.8) is 0 Å². The van der Waals surface area contributed by atoms with Crippen molar-refractivity contribution < 1.29 is 18.7 Å². The van der Waals surface area contributed by atoms with Crippen LogP contribution < -0.4 is 4.57 Å². The summed E-state index contributed by atoms with van der Waals surface area (Å²) in [6, 6.07) is 10.4. The molecule has 0 aliphatic heterocycles. The molecule has 0 radical (unpaired) electrons. The number of fused-ring (bicyclic) bond motifs is 2. The molecule has 106 valence electrons. The molecular formula is C17H11N2O3+. The summed E-state index contributed by atoms with van der Waals surface area (Å²) in [5.74, 6) is -0.507. The minimum absolute atomic E-state index is 0.0203. The summed E-state index contributed by atoms with van der Waals surface area (Å²) in [6.07, 6.45) is 3.69. The Labute approximate surface area is 125 Å². The maximum atomic E-state index is 12.7. The highest BCUT2D eigenvalue weighted by Gasteiger charge is 2.36. The Morgan fingerprint density at radius 1 is 0.955 bits per heavy atom. The Balaban J connectivity index is 1.94. The Hall–Kier alpha value is -3.08. The van der Waals surface area contributed by atoms with Crippen molar-refractivity contribution in [3.8, 4) is 11.3 Å². The minimum atomic E-state index is -0.301. The Morgan fingerprint density at radius 3 is 2.27 bits per heavy atom. The first-order valence-electron chi connectivity index (χ1n) is 6.80. The zero-order valence-electron chi connectivity index (χ0n) is 11.7. The van der Waals surface area contributed by atoms with E-state index in [1.165, 1.54) is 0 Å². The highest BCUT2D eigenvalue weighted by molar-refractivity contribution is 6.29. The smallest absolute Gasteiger partial charge is 0.232 e. The number of rotatable bonds is 1. The first kappa shape index (κ1) is 12.6. The van der Waals surface area contributed by atoms with Gasteiger partial charge in [-0.2, -0.15) is 0 Å². The van der Waals surface area contributed by atoms with Crippen molar-refractivity contribution in [2.75, 3.05) is 0 Å². The molecule has 0 spiro atoms. The highest BCUT2D eigenvalue weighted by Crippen LogP contribution is 2.33. The van der Waals surface area contributed by atoms with Gasteiger partial charge in [0.2, 0.25) is 11.5 Å². The molecule has 0 N–H and O–H groups in total. The van der Waals surface area contributed by atoms with Gasteiger partial charge in [-0.25, -0.2) is 4.57 Å². The second-order valence-corrected chi connectivity index (χ2v) is 5.19. The lowest BCUT2D eigenvalue weighted by Crippen LogP contribution is -2.25. The topological polar surface area (TPSA) is 64.1 Å². The molecule has 4 rings (SSSR count). The van der Waals surface area contributed by atoms with Crippen LogP contribution in [-0.4, -0.2) is 16.7 Å². The van der Waals surface area contributed by atoms with Crippen molar-refractivity contribution >= 4 is 11.6 Å². The molecule has 5 heteroatoms. The third kappa shape index (κ3) is 1.65. The van der Waals surface area contributed by atoms with Crippen molar-refractivity contribution in [1.82, 2.24) is 5.16 Å². The summed E-state index contributed by atoms with van der Waals surface area (Å²) in [5.41, 5.74) is 2.15. The molecular weight excluding hydrogens is 280 g/mol. The van der Waals surface area contributed by atoms with Gasteiger partial charge in [-0.05, 0) is 0 Å². The van der Waals surface area contributed by atoms with Gasteiger partial charge < -0.3 is 4.52 Å². The number of carbonyl (C=O) groups excluding carboxylic acids is 2. The van der Waals surface area contributed by atoms with Crippen LogP contribution in [0.2, 0.25) is 0 Å². The van der Waals surface area contributed by atoms with Crippen LogP contribution in [0, 0.1) is 0 Å². The minimum Gasteiger partial charge on any atom is -0.351 e. The molecule has 0 bridgehead atoms. The Bertz CT molecular complexity index is 923. The molecule has 3 aromatic rings. The van der Waals surface area contributed by atoms with Gasteiger partial charge in [0.1, 0.15) is 18.3 Å². The van der Waals surface area contributed by atoms with E-state index in [1.54, 1.807) is 24.3 Å². The number of aryl methyl sites for hydroxylation is 1. The number of pyridine rings is 1. The predicted molar refractivity (Wildman–Crippen MR) is 76.4 cm³/mol. The predicted octanol–water partition coefficient (Wildman–Crippen LogP) is 1.94. The first-order chi connectivity index (χ1) is 10.7. The maximum absolute atomic E-state index is 12.7. The number of aromatic nitrogens is 2. The zero-order chi connectivity index (χ0) is 15.3. The second kappa shape index (κ2) is 4.46. The molecule has 1 aliphatic rings. The lowest BCUT2D eigenvalue weighted by atomic mass is 9.86. The number of benzene rings is 1. The van der Waals surface area contributed by atoms with E-state index in [-0.39, 0.29) is 22.9 Å². The molecule has 5 nitrogen and oxygen atoms in total. The van der Waals surface area contributed by atoms with E-state index in [2.05, 4.69) is 5.16 Å². The second-order valence-electron chi connectivity index (χ2n) is 5.19. The number of carbonyl (C=O) groups is 2. The molecule has 1 aliphatic carbocycles. The summed E-state index contributed by atoms with van der Waals surface area (Å²) >= 11 is 0. The van der Waals surface area contributed by atoms with E-state index in [0.29, 0.717) is 16.8 Å². The summed E-state index contributed by atoms with van der Waals surface area (Å²) in [6.45, 7) is 0. The number of hydrogen-bond acceptors (Lipinski definition) is 4. The Kier molecular flexibility index (Phi) is 2.56. The molecule has 0 amide bonds. The van der Waals surface area contributed by atoms with Crippen molar-refractivity contribution in [2.24, 2.45) is 7.05 Å². The van der Waals surface area contributed by atoms with Crippen LogP contribution in [0.5, 0.6) is 0 Å². The molecule has 0 fully saturated rings. The Morgan fingerprint density at radius 2 is 1.59 bits per heavy atom. The maximum Gasteiger partial charge on any atom is 0.232 e. The van der Waals surface area contributed by atoms with Gasteiger partial charge in [-0.15, -0.1) is 0 Å². The molecule has 0 saturated heterocycles. The summed E-state index contributed by atoms with van der Waals surface area (Å²) < 4.78 is 7.06. The molecule has 2 heterocycles. The fraction of sp³-hybridized carbons (Fsp3) is 0.0588. The van der Waals surface area contributed by atoms with E-state index in [9.17, 15) is 9.59 Å². The quantitative estimate of drug-likeness (QED) is 0.503. The van der Waals surface area contributed by atoms with Gasteiger partial charge in [0.15, 0.2) is 18.2 Å². The average molecular weight is 291 g/mol. The third-order valence-corrected chi connectivity index (χ3v) is 3.79. The summed E-state index contributed by atoms with van der Waals surface area (Å²) in [5, 5.41) is 3.96. The van der Waals surface area contributed by atoms with Gasteiger partial charge in [-0.3, -0.25) is 9.59 Å². The van der Waals surface area contributed by atoms with E-state index < -0.39 is 0 Å². The van der Waals surface area contributed by atoms with Crippen LogP contribution in [0.1, 0.15) is 32.0 Å². The van der Waals surface area contributed by atoms with Crippen molar-refractivity contribution in [2.45, 2.75) is 0 Å². The van der Waals surface area contributed by atoms with Crippen LogP contribution in [0.15, 0.2) is 53.3 Å². The van der Waals surface area contributed by atoms with Crippen molar-refractivity contribution in [1.29, 1.82) is 0 Å². The highest BCUT2D eigenvalue weighted by atomic mass is 16.5. The number of hydrogen-bond donors (Lipinski definition) is 0. The fourth-order valence-electron chi connectivity index (χ4n) is 2.65. The largest absolute Gasteiger partial charge is 0.351 e. The van der Waals surface area contributed by atoms with Crippen LogP contribution in [0.3, 0.4) is 0 Å². The monoisotopic (exact) mass is 291 g/mol. The van der Waals surface area contributed by atoms with Crippen LogP contribution in [0.4, 0.5) is 0 Å². The van der Waals surface area contributed by atoms with E-state index in [0.717, 1.165) is 5.56 Å². The lowest BCUT2D eigenvalue weighted by molar-refractivity contribution is -0.671. The van der Waals surface area contributed by atoms with Gasteiger partial charge in [0.05, 0.1) is 0 Å². The molecule has 0 atom stereocenters. The van der Waals surface area contributed by atoms with Crippen LogP contribution in [-0.2, 0) is 7.05 Å². The molecule has 2 aromatic heterocycles. The first-order valence-corrected chi connectivity index (χ1v) is 6.80. The van der Waals surface area contributed by atoms with Crippen molar-refractivity contribution in [3.05, 3.63) is 71.2 Å². The summed E-state index contributed by atoms with van der Waals surface area (Å²) in [4.78, 5) is 25.2. The standard InChI is InChI=1S/C17H11N2O3/c1-19-8-6-10(7-9-19)14-13-15(20)11-4-2-3-5-12(11)16(21)17(13)22-18-14/h2-9H,1H3/q+1. The fourth-order valence-corrected chi connectivity index (χ4v) is 2.65. The molecule has 1 aromatic carbocycles. The third-order valence-electron chi connectivity index (χ3n) is 3.79. The average Bonchev–Trinajstić information content (AvgIpc) is 2.99. The van der Waals surface area contributed by atoms with E-state index in [1.807, 2.05) is 36.1 Å². The van der Waals surface area contributed by atoms with Crippen LogP contribution >= 0.6 is 0 Å².